The average molecular weight is 232 g/mol. The predicted octanol–water partition coefficient (Wildman–Crippen LogP) is 0.540. The Kier molecular flexibility index (Phi) is 2.59. The lowest BCUT2D eigenvalue weighted by molar-refractivity contribution is -0.120. The van der Waals surface area contributed by atoms with E-state index < -0.39 is 5.91 Å². The van der Waals surface area contributed by atoms with Gasteiger partial charge >= 0.3 is 0 Å². The van der Waals surface area contributed by atoms with Crippen LogP contribution < -0.4 is 15.4 Å². The van der Waals surface area contributed by atoms with Gasteiger partial charge in [0.15, 0.2) is 6.61 Å². The average Bonchev–Trinajstić information content (AvgIpc) is 2.52. The summed E-state index contributed by atoms with van der Waals surface area (Å²) in [7, 11) is 1.68. The highest BCUT2D eigenvalue weighted by atomic mass is 16.5. The van der Waals surface area contributed by atoms with Crippen molar-refractivity contribution in [3.63, 3.8) is 0 Å². The summed E-state index contributed by atoms with van der Waals surface area (Å²) in [6.45, 7) is 3.54. The van der Waals surface area contributed by atoms with Gasteiger partial charge in [0, 0.05) is 18.2 Å². The van der Waals surface area contributed by atoms with Gasteiger partial charge in [-0.2, -0.15) is 0 Å². The van der Waals surface area contributed by atoms with Crippen molar-refractivity contribution in [3.8, 4) is 5.75 Å². The van der Waals surface area contributed by atoms with E-state index in [0.29, 0.717) is 11.3 Å². The standard InChI is InChI=1S/C12H12N2O3/c1-7-9-5-8(17-6-11(13)15)3-4-10(9)14(2)12(7)16/h3-5H,1,6H2,2H3,(H2,13,15). The number of primary amides is 1. The molecule has 17 heavy (non-hydrogen) atoms. The smallest absolute Gasteiger partial charge is 0.258 e. The van der Waals surface area contributed by atoms with Gasteiger partial charge in [0.25, 0.3) is 11.8 Å². The first-order valence-corrected chi connectivity index (χ1v) is 5.03. The van der Waals surface area contributed by atoms with Crippen molar-refractivity contribution in [2.45, 2.75) is 0 Å². The number of ether oxygens (including phenoxy) is 1. The highest BCUT2D eigenvalue weighted by molar-refractivity contribution is 6.31. The Balaban J connectivity index is 2.30. The van der Waals surface area contributed by atoms with Crippen LogP contribution in [0.4, 0.5) is 5.69 Å². The molecule has 0 bridgehead atoms. The molecule has 5 heteroatoms. The summed E-state index contributed by atoms with van der Waals surface area (Å²) in [5.74, 6) is -0.184. The number of amides is 2. The van der Waals surface area contributed by atoms with Crippen LogP contribution in [0.5, 0.6) is 5.75 Å². The fourth-order valence-corrected chi connectivity index (χ4v) is 1.72. The Bertz CT molecular complexity index is 522. The van der Waals surface area contributed by atoms with Crippen molar-refractivity contribution in [2.24, 2.45) is 5.73 Å². The molecular weight excluding hydrogens is 220 g/mol. The van der Waals surface area contributed by atoms with E-state index in [1.165, 1.54) is 4.90 Å². The molecule has 0 saturated carbocycles. The van der Waals surface area contributed by atoms with Crippen molar-refractivity contribution in [3.05, 3.63) is 30.3 Å². The maximum atomic E-state index is 11.7. The number of nitrogens with two attached hydrogens (primary N) is 1. The van der Waals surface area contributed by atoms with Gasteiger partial charge < -0.3 is 15.4 Å². The third-order valence-corrected chi connectivity index (χ3v) is 2.60. The quantitative estimate of drug-likeness (QED) is 0.773. The molecule has 5 nitrogen and oxygen atoms in total. The predicted molar refractivity (Wildman–Crippen MR) is 63.6 cm³/mol. The van der Waals surface area contributed by atoms with Gasteiger partial charge in [0.1, 0.15) is 5.75 Å². The van der Waals surface area contributed by atoms with Crippen LogP contribution >= 0.6 is 0 Å². The number of hydrogen-bond donors (Lipinski definition) is 1. The van der Waals surface area contributed by atoms with Crippen LogP contribution in [0.25, 0.3) is 5.57 Å². The number of fused-ring (bicyclic) bond motifs is 1. The highest BCUT2D eigenvalue weighted by Crippen LogP contribution is 2.36. The molecule has 0 atom stereocenters. The van der Waals surface area contributed by atoms with Gasteiger partial charge in [-0.25, -0.2) is 0 Å². The van der Waals surface area contributed by atoms with Crippen molar-refractivity contribution in [1.82, 2.24) is 0 Å². The molecule has 0 saturated heterocycles. The normalized spacial score (nSPS) is 13.8. The molecular formula is C12H12N2O3. The minimum absolute atomic E-state index is 0.132. The van der Waals surface area contributed by atoms with Crippen LogP contribution in [0.2, 0.25) is 0 Å². The first-order valence-electron chi connectivity index (χ1n) is 5.03. The van der Waals surface area contributed by atoms with Crippen molar-refractivity contribution < 1.29 is 14.3 Å². The molecule has 1 heterocycles. The fraction of sp³-hybridized carbons (Fsp3) is 0.167. The maximum Gasteiger partial charge on any atom is 0.258 e. The Labute approximate surface area is 98.5 Å². The second kappa shape index (κ2) is 3.93. The fourth-order valence-electron chi connectivity index (χ4n) is 1.72. The number of likely N-dealkylation sites (N-methyl/N-ethyl adjacent to an activating group) is 1. The van der Waals surface area contributed by atoms with Crippen LogP contribution in [0.3, 0.4) is 0 Å². The van der Waals surface area contributed by atoms with E-state index in [-0.39, 0.29) is 12.5 Å². The number of benzene rings is 1. The van der Waals surface area contributed by atoms with E-state index in [1.807, 2.05) is 0 Å². The monoisotopic (exact) mass is 232 g/mol. The lowest BCUT2D eigenvalue weighted by Gasteiger charge is -2.10. The molecule has 88 valence electrons. The Morgan fingerprint density at radius 2 is 2.24 bits per heavy atom. The minimum atomic E-state index is -0.544. The summed E-state index contributed by atoms with van der Waals surface area (Å²) in [5.41, 5.74) is 6.91. The third-order valence-electron chi connectivity index (χ3n) is 2.60. The van der Waals surface area contributed by atoms with Crippen LogP contribution in [-0.2, 0) is 9.59 Å². The number of hydrogen-bond acceptors (Lipinski definition) is 3. The zero-order chi connectivity index (χ0) is 12.6. The van der Waals surface area contributed by atoms with Gasteiger partial charge in [-0.1, -0.05) is 6.58 Å². The van der Waals surface area contributed by atoms with E-state index in [2.05, 4.69) is 6.58 Å². The molecule has 1 aliphatic rings. The van der Waals surface area contributed by atoms with Crippen LogP contribution in [0.1, 0.15) is 5.56 Å². The molecule has 0 aliphatic carbocycles. The second-order valence-corrected chi connectivity index (χ2v) is 3.78. The third kappa shape index (κ3) is 1.87. The zero-order valence-corrected chi connectivity index (χ0v) is 9.40. The number of rotatable bonds is 3. The highest BCUT2D eigenvalue weighted by Gasteiger charge is 2.28. The Hall–Kier alpha value is -2.30. The lowest BCUT2D eigenvalue weighted by atomic mass is 10.1. The second-order valence-electron chi connectivity index (χ2n) is 3.78. The van der Waals surface area contributed by atoms with Gasteiger partial charge in [0.2, 0.25) is 0 Å². The molecule has 0 aromatic heterocycles. The summed E-state index contributed by atoms with van der Waals surface area (Å²) in [6.07, 6.45) is 0. The van der Waals surface area contributed by atoms with E-state index >= 15 is 0 Å². The molecule has 2 amide bonds. The first kappa shape index (κ1) is 11.2. The molecule has 0 unspecified atom stereocenters. The van der Waals surface area contributed by atoms with Gasteiger partial charge in [-0.05, 0) is 18.2 Å². The van der Waals surface area contributed by atoms with Crippen LogP contribution in [0, 0.1) is 0 Å². The number of carbonyl (C=O) groups excluding carboxylic acids is 2. The molecule has 2 N–H and O–H groups in total. The Morgan fingerprint density at radius 3 is 2.88 bits per heavy atom. The molecule has 1 aromatic carbocycles. The van der Waals surface area contributed by atoms with Crippen molar-refractivity contribution in [2.75, 3.05) is 18.6 Å². The van der Waals surface area contributed by atoms with Crippen molar-refractivity contribution >= 4 is 23.1 Å². The summed E-state index contributed by atoms with van der Waals surface area (Å²) in [4.78, 5) is 23.8. The van der Waals surface area contributed by atoms with E-state index in [0.717, 1.165) is 11.3 Å². The van der Waals surface area contributed by atoms with Crippen molar-refractivity contribution in [1.29, 1.82) is 0 Å². The molecule has 1 aliphatic heterocycles. The summed E-state index contributed by atoms with van der Waals surface area (Å²) >= 11 is 0. The summed E-state index contributed by atoms with van der Waals surface area (Å²) < 4.78 is 5.17. The number of nitrogens with zero attached hydrogens (tertiary/aromatic N) is 1. The first-order chi connectivity index (χ1) is 8.00. The number of carbonyl (C=O) groups is 2. The number of anilines is 1. The molecule has 0 radical (unpaired) electrons. The molecule has 1 aromatic rings. The topological polar surface area (TPSA) is 72.6 Å². The minimum Gasteiger partial charge on any atom is -0.484 e. The summed E-state index contributed by atoms with van der Waals surface area (Å²) in [5, 5.41) is 0. The summed E-state index contributed by atoms with van der Waals surface area (Å²) in [6, 6.07) is 5.12. The van der Waals surface area contributed by atoms with Crippen LogP contribution in [-0.4, -0.2) is 25.5 Å². The van der Waals surface area contributed by atoms with Gasteiger partial charge in [0.05, 0.1) is 5.69 Å². The molecule has 2 rings (SSSR count). The van der Waals surface area contributed by atoms with E-state index in [1.54, 1.807) is 25.2 Å². The van der Waals surface area contributed by atoms with Crippen LogP contribution in [0.15, 0.2) is 24.8 Å². The SMILES string of the molecule is C=C1C(=O)N(C)c2ccc(OCC(N)=O)cc21. The van der Waals surface area contributed by atoms with Gasteiger partial charge in [-0.3, -0.25) is 9.59 Å². The molecule has 0 fully saturated rings. The molecule has 0 spiro atoms. The van der Waals surface area contributed by atoms with Gasteiger partial charge in [-0.15, -0.1) is 0 Å². The maximum absolute atomic E-state index is 11.7. The van der Waals surface area contributed by atoms with E-state index in [9.17, 15) is 9.59 Å². The van der Waals surface area contributed by atoms with E-state index in [4.69, 9.17) is 10.5 Å². The largest absolute Gasteiger partial charge is 0.484 e. The Morgan fingerprint density at radius 1 is 1.53 bits per heavy atom. The lowest BCUT2D eigenvalue weighted by Crippen LogP contribution is -2.20. The zero-order valence-electron chi connectivity index (χ0n) is 9.40.